The number of carbonyl (C=O) groups excluding carboxylic acids is 1. The Bertz CT molecular complexity index is 445. The van der Waals surface area contributed by atoms with E-state index in [0.717, 1.165) is 10.5 Å². The van der Waals surface area contributed by atoms with Crippen LogP contribution in [0.4, 0.5) is 0 Å². The van der Waals surface area contributed by atoms with Crippen LogP contribution in [0.3, 0.4) is 0 Å². The fourth-order valence-corrected chi connectivity index (χ4v) is 2.33. The van der Waals surface area contributed by atoms with Crippen LogP contribution in [0.25, 0.3) is 0 Å². The van der Waals surface area contributed by atoms with Crippen molar-refractivity contribution in [3.8, 4) is 0 Å². The largest absolute Gasteiger partial charge is 0.339 e. The van der Waals surface area contributed by atoms with Crippen LogP contribution >= 0.6 is 0 Å². The summed E-state index contributed by atoms with van der Waals surface area (Å²) in [6.07, 6.45) is 2.85. The third-order valence-corrected chi connectivity index (χ3v) is 4.20. The van der Waals surface area contributed by atoms with Crippen LogP contribution in [0.1, 0.15) is 31.4 Å². The highest BCUT2D eigenvalue weighted by molar-refractivity contribution is 7.84. The summed E-state index contributed by atoms with van der Waals surface area (Å²) in [7, 11) is 0.832. The fraction of sp³-hybridized carbons (Fsp3) is 0.500. The molecule has 5 heteroatoms. The van der Waals surface area contributed by atoms with E-state index < -0.39 is 10.8 Å². The van der Waals surface area contributed by atoms with Crippen molar-refractivity contribution in [1.29, 1.82) is 0 Å². The lowest BCUT2D eigenvalue weighted by atomic mass is 10.1. The van der Waals surface area contributed by atoms with Crippen LogP contribution in [0, 0.1) is 0 Å². The Morgan fingerprint density at radius 3 is 2.42 bits per heavy atom. The first-order chi connectivity index (χ1) is 8.97. The number of rotatable bonds is 6. The van der Waals surface area contributed by atoms with E-state index in [1.165, 1.54) is 0 Å². The average molecular weight is 282 g/mol. The van der Waals surface area contributed by atoms with Crippen LogP contribution < -0.4 is 5.73 Å². The quantitative estimate of drug-likeness (QED) is 0.863. The van der Waals surface area contributed by atoms with Crippen molar-refractivity contribution in [3.05, 3.63) is 29.8 Å². The Balaban J connectivity index is 2.73. The van der Waals surface area contributed by atoms with Gasteiger partial charge in [0, 0.05) is 35.4 Å². The summed E-state index contributed by atoms with van der Waals surface area (Å²) < 4.78 is 11.3. The minimum Gasteiger partial charge on any atom is -0.339 e. The van der Waals surface area contributed by atoms with E-state index in [-0.39, 0.29) is 11.9 Å². The normalized spacial score (nSPS) is 13.9. The Morgan fingerprint density at radius 2 is 1.95 bits per heavy atom. The van der Waals surface area contributed by atoms with Gasteiger partial charge in [-0.2, -0.15) is 0 Å². The molecule has 1 amide bonds. The number of hydrogen-bond donors (Lipinski definition) is 1. The van der Waals surface area contributed by atoms with Gasteiger partial charge in [0.15, 0.2) is 0 Å². The van der Waals surface area contributed by atoms with Gasteiger partial charge in [0.25, 0.3) is 0 Å². The second kappa shape index (κ2) is 7.40. The monoisotopic (exact) mass is 282 g/mol. The van der Waals surface area contributed by atoms with Crippen LogP contribution in [-0.2, 0) is 15.6 Å². The fourth-order valence-electron chi connectivity index (χ4n) is 1.81. The summed E-state index contributed by atoms with van der Waals surface area (Å²) in [6, 6.07) is 7.55. The smallest absolute Gasteiger partial charge is 0.222 e. The minimum atomic E-state index is -0.969. The molecule has 106 valence electrons. The lowest BCUT2D eigenvalue weighted by molar-refractivity contribution is -0.131. The molecule has 1 rings (SSSR count). The van der Waals surface area contributed by atoms with E-state index in [0.29, 0.717) is 19.4 Å². The van der Waals surface area contributed by atoms with Crippen molar-refractivity contribution < 1.29 is 9.00 Å². The number of nitrogens with zero attached hydrogens (tertiary/aromatic N) is 1. The van der Waals surface area contributed by atoms with Crippen molar-refractivity contribution in [2.24, 2.45) is 5.73 Å². The summed E-state index contributed by atoms with van der Waals surface area (Å²) in [4.78, 5) is 14.4. The Labute approximate surface area is 117 Å². The van der Waals surface area contributed by atoms with Crippen LogP contribution in [-0.4, -0.2) is 34.9 Å². The first-order valence-electron chi connectivity index (χ1n) is 6.36. The SMILES string of the molecule is CC(c1ccc(S(C)=O)cc1)N(C)C(=O)CCCN. The van der Waals surface area contributed by atoms with Crippen molar-refractivity contribution in [2.45, 2.75) is 30.7 Å². The van der Waals surface area contributed by atoms with Crippen molar-refractivity contribution in [1.82, 2.24) is 4.90 Å². The number of benzene rings is 1. The van der Waals surface area contributed by atoms with E-state index >= 15 is 0 Å². The summed E-state index contributed by atoms with van der Waals surface area (Å²) in [5, 5.41) is 0. The van der Waals surface area contributed by atoms with Gasteiger partial charge in [0.2, 0.25) is 5.91 Å². The molecule has 0 aliphatic heterocycles. The number of carbonyl (C=O) groups is 1. The third-order valence-electron chi connectivity index (χ3n) is 3.26. The van der Waals surface area contributed by atoms with E-state index in [1.54, 1.807) is 18.2 Å². The number of hydrogen-bond acceptors (Lipinski definition) is 3. The molecule has 2 N–H and O–H groups in total. The first-order valence-corrected chi connectivity index (χ1v) is 7.92. The molecule has 0 aliphatic rings. The van der Waals surface area contributed by atoms with Crippen molar-refractivity contribution in [3.63, 3.8) is 0 Å². The van der Waals surface area contributed by atoms with Crippen LogP contribution in [0.2, 0.25) is 0 Å². The zero-order valence-corrected chi connectivity index (χ0v) is 12.6. The average Bonchev–Trinajstić information content (AvgIpc) is 2.43. The Morgan fingerprint density at radius 1 is 1.37 bits per heavy atom. The first kappa shape index (κ1) is 15.9. The van der Waals surface area contributed by atoms with Gasteiger partial charge < -0.3 is 10.6 Å². The Kier molecular flexibility index (Phi) is 6.18. The molecular weight excluding hydrogens is 260 g/mol. The molecule has 2 atom stereocenters. The molecule has 2 unspecified atom stereocenters. The lowest BCUT2D eigenvalue weighted by Crippen LogP contribution is -2.29. The molecule has 1 aromatic carbocycles. The maximum atomic E-state index is 11.9. The van der Waals surface area contributed by atoms with E-state index in [9.17, 15) is 9.00 Å². The van der Waals surface area contributed by atoms with Crippen LogP contribution in [0.15, 0.2) is 29.2 Å². The van der Waals surface area contributed by atoms with Gasteiger partial charge in [0.05, 0.1) is 6.04 Å². The highest BCUT2D eigenvalue weighted by atomic mass is 32.2. The zero-order valence-electron chi connectivity index (χ0n) is 11.8. The molecule has 0 fully saturated rings. The van der Waals surface area contributed by atoms with Gasteiger partial charge in [-0.1, -0.05) is 12.1 Å². The maximum absolute atomic E-state index is 11.9. The maximum Gasteiger partial charge on any atom is 0.222 e. The molecular formula is C14H22N2O2S. The van der Waals surface area contributed by atoms with Gasteiger partial charge in [-0.05, 0) is 37.6 Å². The molecule has 1 aromatic rings. The molecule has 19 heavy (non-hydrogen) atoms. The molecule has 4 nitrogen and oxygen atoms in total. The van der Waals surface area contributed by atoms with Gasteiger partial charge >= 0.3 is 0 Å². The summed E-state index contributed by atoms with van der Waals surface area (Å²) in [5.74, 6) is 0.0982. The van der Waals surface area contributed by atoms with Gasteiger partial charge in [-0.15, -0.1) is 0 Å². The molecule has 0 bridgehead atoms. The minimum absolute atomic E-state index is 0.00427. The molecule has 0 radical (unpaired) electrons. The second-order valence-electron chi connectivity index (χ2n) is 4.60. The van der Waals surface area contributed by atoms with Crippen molar-refractivity contribution in [2.75, 3.05) is 19.8 Å². The van der Waals surface area contributed by atoms with E-state index in [1.807, 2.05) is 31.2 Å². The highest BCUT2D eigenvalue weighted by Crippen LogP contribution is 2.20. The summed E-state index contributed by atoms with van der Waals surface area (Å²) >= 11 is 0. The standard InChI is InChI=1S/C14H22N2O2S/c1-11(16(2)14(17)5-4-10-15)12-6-8-13(9-7-12)19(3)18/h6-9,11H,4-5,10,15H2,1-3H3. The number of nitrogens with two attached hydrogens (primary N) is 1. The molecule has 0 spiro atoms. The van der Waals surface area contributed by atoms with Gasteiger partial charge in [0.1, 0.15) is 0 Å². The zero-order chi connectivity index (χ0) is 14.4. The molecule has 0 aromatic heterocycles. The molecule has 0 saturated carbocycles. The molecule has 0 saturated heterocycles. The topological polar surface area (TPSA) is 63.4 Å². The molecule has 0 heterocycles. The number of amides is 1. The summed E-state index contributed by atoms with van der Waals surface area (Å²) in [6.45, 7) is 2.52. The van der Waals surface area contributed by atoms with E-state index in [2.05, 4.69) is 0 Å². The second-order valence-corrected chi connectivity index (χ2v) is 5.98. The van der Waals surface area contributed by atoms with Crippen molar-refractivity contribution >= 4 is 16.7 Å². The predicted molar refractivity (Wildman–Crippen MR) is 78.2 cm³/mol. The Hall–Kier alpha value is -1.20. The van der Waals surface area contributed by atoms with E-state index in [4.69, 9.17) is 5.73 Å². The van der Waals surface area contributed by atoms with Crippen LogP contribution in [0.5, 0.6) is 0 Å². The molecule has 0 aliphatic carbocycles. The van der Waals surface area contributed by atoms with Gasteiger partial charge in [-0.25, -0.2) is 0 Å². The van der Waals surface area contributed by atoms with Gasteiger partial charge in [-0.3, -0.25) is 9.00 Å². The summed E-state index contributed by atoms with van der Waals surface area (Å²) in [5.41, 5.74) is 6.45. The lowest BCUT2D eigenvalue weighted by Gasteiger charge is -2.25. The highest BCUT2D eigenvalue weighted by Gasteiger charge is 2.16. The predicted octanol–water partition coefficient (Wildman–Crippen LogP) is 1.68. The third kappa shape index (κ3) is 4.44.